The van der Waals surface area contributed by atoms with E-state index in [9.17, 15) is 0 Å². The molecule has 0 spiro atoms. The standard InChI is InChI=1S/C17H24N6/c1-2-10(4-7-14-13(3-1)18-22-19-14)17-11-5-8-15-16(21-23-20-15)9-6-12(11)17/h10-12,17H,1-9H2,(H,18,19,22)(H,20,21,23). The molecular weight excluding hydrogens is 288 g/mol. The Kier molecular flexibility index (Phi) is 3.23. The highest BCUT2D eigenvalue weighted by molar-refractivity contribution is 5.15. The summed E-state index contributed by atoms with van der Waals surface area (Å²) in [6.45, 7) is 0. The van der Waals surface area contributed by atoms with Gasteiger partial charge in [0, 0.05) is 0 Å². The molecule has 2 heterocycles. The third-order valence-electron chi connectivity index (χ3n) is 6.55. The quantitative estimate of drug-likeness (QED) is 0.846. The zero-order valence-corrected chi connectivity index (χ0v) is 13.5. The third-order valence-corrected chi connectivity index (χ3v) is 6.55. The molecule has 2 aromatic heterocycles. The van der Waals surface area contributed by atoms with Crippen LogP contribution in [0.2, 0.25) is 0 Å². The lowest BCUT2D eigenvalue weighted by molar-refractivity contribution is 0.346. The van der Waals surface area contributed by atoms with E-state index < -0.39 is 0 Å². The first-order valence-corrected chi connectivity index (χ1v) is 9.17. The van der Waals surface area contributed by atoms with Gasteiger partial charge in [-0.05, 0) is 81.5 Å². The average Bonchev–Trinajstić information content (AvgIpc) is 2.86. The van der Waals surface area contributed by atoms with Gasteiger partial charge in [-0.3, -0.25) is 10.2 Å². The number of rotatable bonds is 1. The van der Waals surface area contributed by atoms with Crippen molar-refractivity contribution in [3.8, 4) is 0 Å². The molecule has 6 nitrogen and oxygen atoms in total. The number of aromatic amines is 2. The van der Waals surface area contributed by atoms with E-state index >= 15 is 0 Å². The Morgan fingerprint density at radius 3 is 2.13 bits per heavy atom. The molecule has 1 saturated carbocycles. The summed E-state index contributed by atoms with van der Waals surface area (Å²) in [7, 11) is 0. The van der Waals surface area contributed by atoms with E-state index in [0.717, 1.165) is 49.4 Å². The third kappa shape index (κ3) is 2.39. The van der Waals surface area contributed by atoms with Crippen LogP contribution in [0.1, 0.15) is 54.9 Å². The first kappa shape index (κ1) is 13.7. The van der Waals surface area contributed by atoms with Crippen LogP contribution in [0.4, 0.5) is 0 Å². The minimum absolute atomic E-state index is 0.886. The predicted molar refractivity (Wildman–Crippen MR) is 84.6 cm³/mol. The van der Waals surface area contributed by atoms with Crippen molar-refractivity contribution in [2.24, 2.45) is 23.7 Å². The zero-order valence-electron chi connectivity index (χ0n) is 13.5. The van der Waals surface area contributed by atoms with Crippen LogP contribution in [-0.4, -0.2) is 30.8 Å². The Morgan fingerprint density at radius 1 is 0.696 bits per heavy atom. The van der Waals surface area contributed by atoms with Crippen LogP contribution >= 0.6 is 0 Å². The molecule has 122 valence electrons. The number of aromatic nitrogens is 6. The first-order chi connectivity index (χ1) is 11.4. The van der Waals surface area contributed by atoms with Gasteiger partial charge in [0.05, 0.1) is 22.8 Å². The van der Waals surface area contributed by atoms with Gasteiger partial charge in [0.2, 0.25) is 0 Å². The van der Waals surface area contributed by atoms with Crippen molar-refractivity contribution in [3.63, 3.8) is 0 Å². The maximum absolute atomic E-state index is 4.29. The highest BCUT2D eigenvalue weighted by atomic mass is 15.3. The Labute approximate surface area is 135 Å². The smallest absolute Gasteiger partial charge is 0.0856 e. The number of hydrogen-bond acceptors (Lipinski definition) is 4. The minimum atomic E-state index is 0.886. The van der Waals surface area contributed by atoms with E-state index in [1.54, 1.807) is 0 Å². The van der Waals surface area contributed by atoms with Crippen LogP contribution in [0.15, 0.2) is 0 Å². The Hall–Kier alpha value is -1.72. The first-order valence-electron chi connectivity index (χ1n) is 9.17. The lowest BCUT2D eigenvalue weighted by Crippen LogP contribution is -2.12. The van der Waals surface area contributed by atoms with Gasteiger partial charge < -0.3 is 0 Å². The number of nitrogens with one attached hydrogen (secondary N) is 2. The fourth-order valence-electron chi connectivity index (χ4n) is 5.34. The number of H-pyrrole nitrogens is 2. The van der Waals surface area contributed by atoms with E-state index in [1.807, 2.05) is 0 Å². The summed E-state index contributed by atoms with van der Waals surface area (Å²) in [5, 5.41) is 22.7. The molecule has 0 aliphatic heterocycles. The largest absolute Gasteiger partial charge is 0.262 e. The molecule has 0 radical (unpaired) electrons. The van der Waals surface area contributed by atoms with Gasteiger partial charge in [-0.1, -0.05) is 10.4 Å². The van der Waals surface area contributed by atoms with Gasteiger partial charge in [-0.25, -0.2) is 0 Å². The molecule has 0 amide bonds. The van der Waals surface area contributed by atoms with Gasteiger partial charge in [0.25, 0.3) is 0 Å². The maximum Gasteiger partial charge on any atom is 0.0856 e. The Balaban J connectivity index is 1.28. The fraction of sp³-hybridized carbons (Fsp3) is 0.765. The van der Waals surface area contributed by atoms with Crippen LogP contribution < -0.4 is 0 Å². The lowest BCUT2D eigenvalue weighted by Gasteiger charge is -2.19. The van der Waals surface area contributed by atoms with Gasteiger partial charge in [-0.15, -0.1) is 10.2 Å². The van der Waals surface area contributed by atoms with Crippen molar-refractivity contribution < 1.29 is 0 Å². The Bertz CT molecular complexity index is 660. The maximum atomic E-state index is 4.29. The van der Waals surface area contributed by atoms with E-state index in [-0.39, 0.29) is 0 Å². The summed E-state index contributed by atoms with van der Waals surface area (Å²) >= 11 is 0. The molecule has 4 atom stereocenters. The zero-order chi connectivity index (χ0) is 15.2. The molecule has 4 unspecified atom stereocenters. The minimum Gasteiger partial charge on any atom is -0.262 e. The normalized spacial score (nSPS) is 33.4. The van der Waals surface area contributed by atoms with Crippen LogP contribution in [0.25, 0.3) is 0 Å². The Morgan fingerprint density at radius 2 is 1.35 bits per heavy atom. The highest BCUT2D eigenvalue weighted by Crippen LogP contribution is 2.58. The highest BCUT2D eigenvalue weighted by Gasteiger charge is 2.52. The second-order valence-electron chi connectivity index (χ2n) is 7.65. The van der Waals surface area contributed by atoms with Gasteiger partial charge >= 0.3 is 0 Å². The topological polar surface area (TPSA) is 83.1 Å². The molecule has 1 fully saturated rings. The van der Waals surface area contributed by atoms with E-state index in [1.165, 1.54) is 54.9 Å². The molecule has 2 N–H and O–H groups in total. The summed E-state index contributed by atoms with van der Waals surface area (Å²) in [6, 6.07) is 0. The molecule has 0 saturated heterocycles. The van der Waals surface area contributed by atoms with Crippen LogP contribution in [-0.2, 0) is 25.7 Å². The summed E-state index contributed by atoms with van der Waals surface area (Å²) in [5.41, 5.74) is 5.01. The number of hydrogen-bond donors (Lipinski definition) is 2. The van der Waals surface area contributed by atoms with Gasteiger partial charge in [-0.2, -0.15) is 0 Å². The van der Waals surface area contributed by atoms with Crippen molar-refractivity contribution in [2.45, 2.75) is 57.8 Å². The van der Waals surface area contributed by atoms with Crippen molar-refractivity contribution in [1.82, 2.24) is 30.8 Å². The molecule has 3 aliphatic carbocycles. The number of nitrogens with zero attached hydrogens (tertiary/aromatic N) is 4. The van der Waals surface area contributed by atoms with E-state index in [4.69, 9.17) is 0 Å². The molecule has 3 aliphatic rings. The van der Waals surface area contributed by atoms with Crippen molar-refractivity contribution >= 4 is 0 Å². The van der Waals surface area contributed by atoms with E-state index in [0.29, 0.717) is 0 Å². The van der Waals surface area contributed by atoms with Crippen LogP contribution in [0.5, 0.6) is 0 Å². The van der Waals surface area contributed by atoms with E-state index in [2.05, 4.69) is 30.8 Å². The molecule has 0 bridgehead atoms. The van der Waals surface area contributed by atoms with Crippen molar-refractivity contribution in [2.75, 3.05) is 0 Å². The number of fused-ring (bicyclic) bond motifs is 3. The molecule has 0 aromatic carbocycles. The summed E-state index contributed by atoms with van der Waals surface area (Å²) in [6.07, 6.45) is 11.1. The summed E-state index contributed by atoms with van der Waals surface area (Å²) in [4.78, 5) is 0. The number of aryl methyl sites for hydroxylation is 4. The molecule has 5 rings (SSSR count). The monoisotopic (exact) mass is 312 g/mol. The molecule has 23 heavy (non-hydrogen) atoms. The summed E-state index contributed by atoms with van der Waals surface area (Å²) < 4.78 is 0. The second-order valence-corrected chi connectivity index (χ2v) is 7.65. The van der Waals surface area contributed by atoms with Crippen LogP contribution in [0.3, 0.4) is 0 Å². The van der Waals surface area contributed by atoms with Crippen molar-refractivity contribution in [3.05, 3.63) is 22.8 Å². The second kappa shape index (κ2) is 5.42. The van der Waals surface area contributed by atoms with Gasteiger partial charge in [0.1, 0.15) is 0 Å². The van der Waals surface area contributed by atoms with Crippen molar-refractivity contribution in [1.29, 1.82) is 0 Å². The molecular formula is C17H24N6. The SMILES string of the molecule is C1Cc2[nH]nnc2CCC(C2C3CCc4nn[nH]c4CCC32)C1. The lowest BCUT2D eigenvalue weighted by atomic mass is 9.86. The average molecular weight is 312 g/mol. The molecule has 2 aromatic rings. The van der Waals surface area contributed by atoms with Crippen LogP contribution in [0, 0.1) is 23.7 Å². The summed E-state index contributed by atoms with van der Waals surface area (Å²) in [5.74, 6) is 3.70. The van der Waals surface area contributed by atoms with Gasteiger partial charge in [0.15, 0.2) is 0 Å². The molecule has 6 heteroatoms. The fourth-order valence-corrected chi connectivity index (χ4v) is 5.34. The predicted octanol–water partition coefficient (Wildman–Crippen LogP) is 2.25.